The lowest BCUT2D eigenvalue weighted by Crippen LogP contribution is -2.17. The number of anilines is 2. The van der Waals surface area contributed by atoms with Crippen LogP contribution in [0.2, 0.25) is 0 Å². The lowest BCUT2D eigenvalue weighted by Gasteiger charge is -2.08. The fraction of sp³-hybridized carbons (Fsp3) is 0.125. The van der Waals surface area contributed by atoms with Crippen molar-refractivity contribution in [3.05, 3.63) is 84.4 Å². The number of rotatable bonds is 8. The van der Waals surface area contributed by atoms with Crippen LogP contribution in [0.5, 0.6) is 11.5 Å². The number of nitrogens with one attached hydrogen (secondary N) is 2. The molecule has 0 atom stereocenters. The van der Waals surface area contributed by atoms with E-state index in [9.17, 15) is 9.59 Å². The highest BCUT2D eigenvalue weighted by atomic mass is 16.6. The maximum atomic E-state index is 12.1. The number of amides is 2. The Morgan fingerprint density at radius 3 is 2.00 bits per heavy atom. The molecule has 0 fully saturated rings. The van der Waals surface area contributed by atoms with Crippen LogP contribution in [0.1, 0.15) is 19.4 Å². The lowest BCUT2D eigenvalue weighted by atomic mass is 10.1. The lowest BCUT2D eigenvalue weighted by molar-refractivity contribution is -0.120. The summed E-state index contributed by atoms with van der Waals surface area (Å²) in [6.45, 7) is 3.01. The smallest absolute Gasteiger partial charge is 0.265 e. The second-order valence-corrected chi connectivity index (χ2v) is 6.70. The third-order valence-electron chi connectivity index (χ3n) is 4.14. The van der Waals surface area contributed by atoms with Crippen LogP contribution < -0.4 is 15.4 Å². The Morgan fingerprint density at radius 1 is 0.774 bits per heavy atom. The van der Waals surface area contributed by atoms with E-state index in [4.69, 9.17) is 9.57 Å². The molecule has 7 heteroatoms. The molecular weight excluding hydrogens is 394 g/mol. The van der Waals surface area contributed by atoms with Crippen LogP contribution in [0.4, 0.5) is 11.4 Å². The molecule has 2 N–H and O–H groups in total. The first-order valence-corrected chi connectivity index (χ1v) is 9.67. The minimum absolute atomic E-state index is 0.133. The van der Waals surface area contributed by atoms with Gasteiger partial charge < -0.3 is 20.2 Å². The van der Waals surface area contributed by atoms with Gasteiger partial charge in [0, 0.05) is 18.3 Å². The van der Waals surface area contributed by atoms with Crippen molar-refractivity contribution >= 4 is 28.9 Å². The topological polar surface area (TPSA) is 89.0 Å². The fourth-order valence-electron chi connectivity index (χ4n) is 2.67. The van der Waals surface area contributed by atoms with E-state index < -0.39 is 0 Å². The molecule has 3 aromatic carbocycles. The van der Waals surface area contributed by atoms with Crippen LogP contribution in [0.15, 0.2) is 84.0 Å². The SMILES string of the molecule is CC(=O)Nc1ccc(/C(C)=N/OCC(=O)Nc2ccc(Oc3ccccc3)cc2)cc1. The van der Waals surface area contributed by atoms with Gasteiger partial charge in [0.1, 0.15) is 11.5 Å². The largest absolute Gasteiger partial charge is 0.457 e. The summed E-state index contributed by atoms with van der Waals surface area (Å²) in [5.41, 5.74) is 2.76. The molecule has 0 aliphatic rings. The number of nitrogens with zero attached hydrogens (tertiary/aromatic N) is 1. The summed E-state index contributed by atoms with van der Waals surface area (Å²) in [6, 6.07) is 23.7. The molecule has 0 heterocycles. The zero-order valence-electron chi connectivity index (χ0n) is 17.3. The third-order valence-corrected chi connectivity index (χ3v) is 4.14. The molecule has 0 aliphatic carbocycles. The highest BCUT2D eigenvalue weighted by Crippen LogP contribution is 2.22. The second kappa shape index (κ2) is 10.6. The van der Waals surface area contributed by atoms with Crippen LogP contribution in [0, 0.1) is 0 Å². The predicted molar refractivity (Wildman–Crippen MR) is 120 cm³/mol. The summed E-state index contributed by atoms with van der Waals surface area (Å²) in [7, 11) is 0. The first-order chi connectivity index (χ1) is 15.0. The zero-order chi connectivity index (χ0) is 22.1. The van der Waals surface area contributed by atoms with Crippen molar-refractivity contribution in [3.8, 4) is 11.5 Å². The van der Waals surface area contributed by atoms with Crippen LogP contribution in [-0.4, -0.2) is 24.1 Å². The van der Waals surface area contributed by atoms with Gasteiger partial charge in [0.25, 0.3) is 5.91 Å². The van der Waals surface area contributed by atoms with Crippen molar-refractivity contribution in [1.82, 2.24) is 0 Å². The van der Waals surface area contributed by atoms with Crippen molar-refractivity contribution < 1.29 is 19.2 Å². The minimum atomic E-state index is -0.325. The second-order valence-electron chi connectivity index (χ2n) is 6.70. The van der Waals surface area contributed by atoms with Gasteiger partial charge in [-0.3, -0.25) is 9.59 Å². The monoisotopic (exact) mass is 417 g/mol. The number of hydrogen-bond donors (Lipinski definition) is 2. The van der Waals surface area contributed by atoms with Crippen molar-refractivity contribution in [2.45, 2.75) is 13.8 Å². The van der Waals surface area contributed by atoms with E-state index in [1.54, 1.807) is 43.3 Å². The molecule has 7 nitrogen and oxygen atoms in total. The summed E-state index contributed by atoms with van der Waals surface area (Å²) >= 11 is 0. The van der Waals surface area contributed by atoms with Crippen LogP contribution >= 0.6 is 0 Å². The Morgan fingerprint density at radius 2 is 1.35 bits per heavy atom. The van der Waals surface area contributed by atoms with Gasteiger partial charge in [-0.05, 0) is 61.0 Å². The molecule has 0 unspecified atom stereocenters. The average Bonchev–Trinajstić information content (AvgIpc) is 2.76. The molecule has 3 aromatic rings. The highest BCUT2D eigenvalue weighted by Gasteiger charge is 2.05. The number of carbonyl (C=O) groups excluding carboxylic acids is 2. The first-order valence-electron chi connectivity index (χ1n) is 9.67. The number of carbonyl (C=O) groups is 2. The Kier molecular flexibility index (Phi) is 7.37. The third kappa shape index (κ3) is 7.01. The maximum Gasteiger partial charge on any atom is 0.265 e. The Balaban J connectivity index is 1.46. The van der Waals surface area contributed by atoms with Crippen LogP contribution in [0.3, 0.4) is 0 Å². The van der Waals surface area contributed by atoms with Gasteiger partial charge >= 0.3 is 0 Å². The van der Waals surface area contributed by atoms with Gasteiger partial charge in [-0.1, -0.05) is 35.5 Å². The molecule has 158 valence electrons. The van der Waals surface area contributed by atoms with Gasteiger partial charge in [0.2, 0.25) is 5.91 Å². The normalized spacial score (nSPS) is 10.8. The van der Waals surface area contributed by atoms with Crippen molar-refractivity contribution in [1.29, 1.82) is 0 Å². The number of para-hydroxylation sites is 1. The van der Waals surface area contributed by atoms with Crippen LogP contribution in [0.25, 0.3) is 0 Å². The molecule has 0 aromatic heterocycles. The Labute approximate surface area is 180 Å². The zero-order valence-corrected chi connectivity index (χ0v) is 17.3. The quantitative estimate of drug-likeness (QED) is 0.406. The Bertz CT molecular complexity index is 1050. The van der Waals surface area contributed by atoms with Crippen LogP contribution in [-0.2, 0) is 14.4 Å². The van der Waals surface area contributed by atoms with Crippen molar-refractivity contribution in [2.75, 3.05) is 17.2 Å². The van der Waals surface area contributed by atoms with Gasteiger partial charge in [0.15, 0.2) is 6.61 Å². The first kappa shape index (κ1) is 21.6. The van der Waals surface area contributed by atoms with E-state index in [1.165, 1.54) is 6.92 Å². The molecule has 0 spiro atoms. The van der Waals surface area contributed by atoms with E-state index in [0.717, 1.165) is 11.3 Å². The molecule has 2 amide bonds. The molecule has 0 bridgehead atoms. The average molecular weight is 417 g/mol. The van der Waals surface area contributed by atoms with Gasteiger partial charge in [0.05, 0.1) is 5.71 Å². The molecular formula is C24H23N3O4. The summed E-state index contributed by atoms with van der Waals surface area (Å²) in [5.74, 6) is 0.955. The molecule has 0 radical (unpaired) electrons. The van der Waals surface area contributed by atoms with Gasteiger partial charge in [-0.15, -0.1) is 0 Å². The van der Waals surface area contributed by atoms with E-state index in [0.29, 0.717) is 22.8 Å². The highest BCUT2D eigenvalue weighted by molar-refractivity contribution is 5.99. The van der Waals surface area contributed by atoms with Gasteiger partial charge in [-0.25, -0.2) is 0 Å². The number of oxime groups is 1. The summed E-state index contributed by atoms with van der Waals surface area (Å²) in [6.07, 6.45) is 0. The minimum Gasteiger partial charge on any atom is -0.457 e. The molecule has 0 saturated heterocycles. The van der Waals surface area contributed by atoms with Crippen molar-refractivity contribution in [2.24, 2.45) is 5.16 Å². The summed E-state index contributed by atoms with van der Waals surface area (Å²) in [5, 5.41) is 9.42. The molecule has 0 aliphatic heterocycles. The Hall–Kier alpha value is -4.13. The summed E-state index contributed by atoms with van der Waals surface area (Å²) < 4.78 is 5.72. The van der Waals surface area contributed by atoms with E-state index >= 15 is 0 Å². The van der Waals surface area contributed by atoms with Gasteiger partial charge in [-0.2, -0.15) is 0 Å². The van der Waals surface area contributed by atoms with E-state index in [-0.39, 0.29) is 18.4 Å². The molecule has 3 rings (SSSR count). The number of hydrogen-bond acceptors (Lipinski definition) is 5. The maximum absolute atomic E-state index is 12.1. The number of benzene rings is 3. The van der Waals surface area contributed by atoms with E-state index in [2.05, 4.69) is 15.8 Å². The number of ether oxygens (including phenoxy) is 1. The summed E-state index contributed by atoms with van der Waals surface area (Å²) in [4.78, 5) is 28.3. The van der Waals surface area contributed by atoms with E-state index in [1.807, 2.05) is 42.5 Å². The molecule has 31 heavy (non-hydrogen) atoms. The van der Waals surface area contributed by atoms with Crippen molar-refractivity contribution in [3.63, 3.8) is 0 Å². The standard InChI is InChI=1S/C24H23N3O4/c1-17(19-8-10-20(11-9-19)25-18(2)28)27-30-16-24(29)26-21-12-14-23(15-13-21)31-22-6-4-3-5-7-22/h3-15H,16H2,1-2H3,(H,25,28)(H,26,29)/b27-17+. The predicted octanol–water partition coefficient (Wildman–Crippen LogP) is 4.82. The molecule has 0 saturated carbocycles. The fourth-order valence-corrected chi connectivity index (χ4v) is 2.67.